The highest BCUT2D eigenvalue weighted by Gasteiger charge is 2.23. The Hall–Kier alpha value is -1.57. The third kappa shape index (κ3) is 4.96. The van der Waals surface area contributed by atoms with Crippen LogP contribution in [0.15, 0.2) is 18.2 Å². The van der Waals surface area contributed by atoms with Crippen molar-refractivity contribution in [3.8, 4) is 0 Å². The molecule has 1 unspecified atom stereocenters. The average Bonchev–Trinajstić information content (AvgIpc) is 2.72. The first kappa shape index (κ1) is 18.8. The van der Waals surface area contributed by atoms with E-state index in [1.807, 2.05) is 4.90 Å². The van der Waals surface area contributed by atoms with Gasteiger partial charge in [-0.25, -0.2) is 8.78 Å². The highest BCUT2D eigenvalue weighted by molar-refractivity contribution is 5.77. The molecule has 1 aromatic rings. The fraction of sp³-hybridized carbons (Fsp3) is 0.588. The van der Waals surface area contributed by atoms with Crippen molar-refractivity contribution in [2.45, 2.75) is 12.5 Å². The number of amides is 1. The van der Waals surface area contributed by atoms with Crippen LogP contribution >= 0.6 is 0 Å². The summed E-state index contributed by atoms with van der Waals surface area (Å²) in [7, 11) is 3.46. The number of halogens is 2. The number of hydrogen-bond donors (Lipinski definition) is 1. The lowest BCUT2D eigenvalue weighted by molar-refractivity contribution is -0.129. The first-order valence-electron chi connectivity index (χ1n) is 8.15. The molecule has 24 heavy (non-hydrogen) atoms. The Balaban J connectivity index is 1.91. The second-order valence-corrected chi connectivity index (χ2v) is 6.37. The van der Waals surface area contributed by atoms with Crippen LogP contribution in [0.1, 0.15) is 18.1 Å². The van der Waals surface area contributed by atoms with Gasteiger partial charge in [0.05, 0.1) is 18.2 Å². The second kappa shape index (κ2) is 8.50. The summed E-state index contributed by atoms with van der Waals surface area (Å²) < 4.78 is 27.5. The average molecular weight is 341 g/mol. The maximum atomic E-state index is 13.7. The summed E-state index contributed by atoms with van der Waals surface area (Å²) in [6, 6.07) is 3.59. The van der Waals surface area contributed by atoms with Crippen LogP contribution in [-0.4, -0.2) is 79.1 Å². The summed E-state index contributed by atoms with van der Waals surface area (Å²) in [5.41, 5.74) is -0.276. The SMILES string of the molecule is CN(C)C(=O)CN1CCCN(CC(O)c2c(F)cccc2F)CC1. The largest absolute Gasteiger partial charge is 0.387 e. The fourth-order valence-corrected chi connectivity index (χ4v) is 2.86. The molecule has 1 saturated heterocycles. The van der Waals surface area contributed by atoms with Crippen LogP contribution in [0.2, 0.25) is 0 Å². The van der Waals surface area contributed by atoms with Crippen molar-refractivity contribution in [1.82, 2.24) is 14.7 Å². The highest BCUT2D eigenvalue weighted by atomic mass is 19.1. The standard InChI is InChI=1S/C17H25F2N3O2/c1-20(2)16(24)12-22-8-4-7-21(9-10-22)11-15(23)17-13(18)5-3-6-14(17)19/h3,5-6,15,23H,4,7-12H2,1-2H3. The highest BCUT2D eigenvalue weighted by Crippen LogP contribution is 2.22. The van der Waals surface area contributed by atoms with Gasteiger partial charge in [0, 0.05) is 33.7 Å². The molecule has 1 amide bonds. The van der Waals surface area contributed by atoms with Crippen LogP contribution in [0.3, 0.4) is 0 Å². The molecule has 5 nitrogen and oxygen atoms in total. The van der Waals surface area contributed by atoms with Gasteiger partial charge in [0.25, 0.3) is 0 Å². The lowest BCUT2D eigenvalue weighted by Gasteiger charge is -2.24. The van der Waals surface area contributed by atoms with Gasteiger partial charge in [-0.3, -0.25) is 14.6 Å². The monoisotopic (exact) mass is 341 g/mol. The van der Waals surface area contributed by atoms with E-state index in [0.717, 1.165) is 31.6 Å². The maximum Gasteiger partial charge on any atom is 0.236 e. The van der Waals surface area contributed by atoms with Crippen molar-refractivity contribution < 1.29 is 18.7 Å². The van der Waals surface area contributed by atoms with Gasteiger partial charge < -0.3 is 10.0 Å². The molecule has 2 rings (SSSR count). The number of β-amino-alcohol motifs (C(OH)–C–C–N with tert-alkyl or cyclic N) is 1. The zero-order valence-electron chi connectivity index (χ0n) is 14.2. The molecular formula is C17H25F2N3O2. The molecule has 0 spiro atoms. The molecule has 134 valence electrons. The van der Waals surface area contributed by atoms with Crippen molar-refractivity contribution in [3.63, 3.8) is 0 Å². The number of nitrogens with zero attached hydrogens (tertiary/aromatic N) is 3. The summed E-state index contributed by atoms with van der Waals surface area (Å²) in [6.07, 6.45) is -0.367. The molecule has 0 saturated carbocycles. The molecule has 1 aliphatic heterocycles. The van der Waals surface area contributed by atoms with E-state index in [0.29, 0.717) is 19.6 Å². The Morgan fingerprint density at radius 2 is 1.75 bits per heavy atom. The lowest BCUT2D eigenvalue weighted by atomic mass is 10.1. The molecule has 1 atom stereocenters. The smallest absolute Gasteiger partial charge is 0.236 e. The van der Waals surface area contributed by atoms with Gasteiger partial charge in [0.15, 0.2) is 0 Å². The molecular weight excluding hydrogens is 316 g/mol. The molecule has 1 heterocycles. The van der Waals surface area contributed by atoms with Gasteiger partial charge in [-0.15, -0.1) is 0 Å². The predicted molar refractivity (Wildman–Crippen MR) is 87.5 cm³/mol. The van der Waals surface area contributed by atoms with Crippen LogP contribution in [0.25, 0.3) is 0 Å². The topological polar surface area (TPSA) is 47.0 Å². The molecule has 1 fully saturated rings. The van der Waals surface area contributed by atoms with E-state index in [1.54, 1.807) is 19.0 Å². The third-order valence-corrected chi connectivity index (χ3v) is 4.30. The fourth-order valence-electron chi connectivity index (χ4n) is 2.86. The Morgan fingerprint density at radius 1 is 1.17 bits per heavy atom. The molecule has 0 aromatic heterocycles. The predicted octanol–water partition coefficient (Wildman–Crippen LogP) is 1.09. The van der Waals surface area contributed by atoms with E-state index in [-0.39, 0.29) is 18.0 Å². The van der Waals surface area contributed by atoms with Gasteiger partial charge in [-0.05, 0) is 31.6 Å². The Labute approximate surface area is 141 Å². The van der Waals surface area contributed by atoms with E-state index < -0.39 is 17.7 Å². The normalized spacial score (nSPS) is 18.2. The van der Waals surface area contributed by atoms with E-state index in [4.69, 9.17) is 0 Å². The first-order valence-corrected chi connectivity index (χ1v) is 8.15. The summed E-state index contributed by atoms with van der Waals surface area (Å²) in [6.45, 7) is 3.39. The van der Waals surface area contributed by atoms with Crippen molar-refractivity contribution in [2.24, 2.45) is 0 Å². The number of rotatable bonds is 5. The minimum absolute atomic E-state index is 0.0527. The van der Waals surface area contributed by atoms with Gasteiger partial charge in [0.1, 0.15) is 11.6 Å². The van der Waals surface area contributed by atoms with Crippen LogP contribution in [-0.2, 0) is 4.79 Å². The summed E-state index contributed by atoms with van der Waals surface area (Å²) >= 11 is 0. The zero-order chi connectivity index (χ0) is 17.7. The van der Waals surface area contributed by atoms with Gasteiger partial charge in [-0.2, -0.15) is 0 Å². The number of carbonyl (C=O) groups excluding carboxylic acids is 1. The molecule has 1 N–H and O–H groups in total. The Morgan fingerprint density at radius 3 is 2.38 bits per heavy atom. The minimum atomic E-state index is -1.21. The lowest BCUT2D eigenvalue weighted by Crippen LogP contribution is -2.39. The van der Waals surface area contributed by atoms with E-state index in [2.05, 4.69) is 4.90 Å². The quantitative estimate of drug-likeness (QED) is 0.871. The number of carbonyl (C=O) groups is 1. The third-order valence-electron chi connectivity index (χ3n) is 4.30. The molecule has 0 radical (unpaired) electrons. The first-order chi connectivity index (χ1) is 11.4. The van der Waals surface area contributed by atoms with Crippen molar-refractivity contribution >= 4 is 5.91 Å². The van der Waals surface area contributed by atoms with Crippen LogP contribution < -0.4 is 0 Å². The van der Waals surface area contributed by atoms with Gasteiger partial charge >= 0.3 is 0 Å². The van der Waals surface area contributed by atoms with Crippen molar-refractivity contribution in [3.05, 3.63) is 35.4 Å². The minimum Gasteiger partial charge on any atom is -0.387 e. The Bertz CT molecular complexity index is 549. The molecule has 0 bridgehead atoms. The summed E-state index contributed by atoms with van der Waals surface area (Å²) in [4.78, 5) is 17.4. The molecule has 1 aromatic carbocycles. The zero-order valence-corrected chi connectivity index (χ0v) is 14.2. The number of likely N-dealkylation sites (N-methyl/N-ethyl adjacent to an activating group) is 1. The van der Waals surface area contributed by atoms with E-state index in [9.17, 15) is 18.7 Å². The number of hydrogen-bond acceptors (Lipinski definition) is 4. The second-order valence-electron chi connectivity index (χ2n) is 6.37. The van der Waals surface area contributed by atoms with Crippen molar-refractivity contribution in [2.75, 3.05) is 53.4 Å². The number of aliphatic hydroxyl groups is 1. The molecule has 7 heteroatoms. The molecule has 0 aliphatic carbocycles. The maximum absolute atomic E-state index is 13.7. The van der Waals surface area contributed by atoms with Gasteiger partial charge in [0.2, 0.25) is 5.91 Å². The van der Waals surface area contributed by atoms with E-state index in [1.165, 1.54) is 6.07 Å². The molecule has 1 aliphatic rings. The number of benzene rings is 1. The van der Waals surface area contributed by atoms with Crippen molar-refractivity contribution in [1.29, 1.82) is 0 Å². The summed E-state index contributed by atoms with van der Waals surface area (Å²) in [5.74, 6) is -1.40. The van der Waals surface area contributed by atoms with Crippen LogP contribution in [0.4, 0.5) is 8.78 Å². The Kier molecular flexibility index (Phi) is 6.65. The van der Waals surface area contributed by atoms with Gasteiger partial charge in [-0.1, -0.05) is 6.07 Å². The van der Waals surface area contributed by atoms with Crippen LogP contribution in [0, 0.1) is 11.6 Å². The van der Waals surface area contributed by atoms with Crippen LogP contribution in [0.5, 0.6) is 0 Å². The van der Waals surface area contributed by atoms with E-state index >= 15 is 0 Å². The summed E-state index contributed by atoms with van der Waals surface area (Å²) in [5, 5.41) is 10.2. The number of aliphatic hydroxyl groups excluding tert-OH is 1.